The van der Waals surface area contributed by atoms with Crippen LogP contribution in [0.15, 0.2) is 24.9 Å². The average Bonchev–Trinajstić information content (AvgIpc) is 3.01. The van der Waals surface area contributed by atoms with Gasteiger partial charge in [0.1, 0.15) is 0 Å². The van der Waals surface area contributed by atoms with Gasteiger partial charge in [0.15, 0.2) is 0 Å². The summed E-state index contributed by atoms with van der Waals surface area (Å²) in [6.45, 7) is 4.00. The standard InChI is InChI=1S/C13H17N5.ClH/c1-10-5-14-7-12(17-10)13-3-2-4-18(13)8-11-6-15-9-16-11;/h5-7,9,13H,2-4,8H2,1H3,(H,15,16);1H. The molecule has 102 valence electrons. The van der Waals surface area contributed by atoms with Gasteiger partial charge in [-0.15, -0.1) is 12.4 Å². The van der Waals surface area contributed by atoms with E-state index in [1.165, 1.54) is 6.42 Å². The minimum absolute atomic E-state index is 0. The highest BCUT2D eigenvalue weighted by Crippen LogP contribution is 2.31. The second-order valence-corrected chi connectivity index (χ2v) is 4.79. The summed E-state index contributed by atoms with van der Waals surface area (Å²) in [6, 6.07) is 0.390. The fraction of sp³-hybridized carbons (Fsp3) is 0.462. The zero-order valence-corrected chi connectivity index (χ0v) is 11.7. The third-order valence-corrected chi connectivity index (χ3v) is 3.41. The smallest absolute Gasteiger partial charge is 0.0922 e. The Morgan fingerprint density at radius 2 is 2.21 bits per heavy atom. The van der Waals surface area contributed by atoms with Crippen molar-refractivity contribution in [1.82, 2.24) is 24.8 Å². The van der Waals surface area contributed by atoms with Gasteiger partial charge in [-0.2, -0.15) is 0 Å². The maximum atomic E-state index is 4.60. The van der Waals surface area contributed by atoms with E-state index in [2.05, 4.69) is 24.8 Å². The number of nitrogens with one attached hydrogen (secondary N) is 1. The lowest BCUT2D eigenvalue weighted by Gasteiger charge is -2.23. The Bertz CT molecular complexity index is 514. The van der Waals surface area contributed by atoms with Crippen molar-refractivity contribution < 1.29 is 0 Å². The number of aryl methyl sites for hydroxylation is 1. The summed E-state index contributed by atoms with van der Waals surface area (Å²) in [5.74, 6) is 0. The van der Waals surface area contributed by atoms with E-state index in [4.69, 9.17) is 0 Å². The number of likely N-dealkylation sites (tertiary alicyclic amines) is 1. The predicted molar refractivity (Wildman–Crippen MR) is 75.0 cm³/mol. The van der Waals surface area contributed by atoms with Crippen LogP contribution in [0.3, 0.4) is 0 Å². The maximum absolute atomic E-state index is 4.60. The van der Waals surface area contributed by atoms with Gasteiger partial charge in [-0.3, -0.25) is 14.9 Å². The van der Waals surface area contributed by atoms with E-state index in [0.29, 0.717) is 6.04 Å². The lowest BCUT2D eigenvalue weighted by atomic mass is 10.1. The summed E-state index contributed by atoms with van der Waals surface area (Å²) in [6.07, 6.45) is 9.69. The van der Waals surface area contributed by atoms with Crippen LogP contribution in [0.1, 0.15) is 36.0 Å². The molecule has 1 N–H and O–H groups in total. The van der Waals surface area contributed by atoms with Gasteiger partial charge in [0.2, 0.25) is 0 Å². The van der Waals surface area contributed by atoms with Crippen LogP contribution in [0.4, 0.5) is 0 Å². The van der Waals surface area contributed by atoms with Crippen molar-refractivity contribution in [2.75, 3.05) is 6.54 Å². The summed E-state index contributed by atoms with van der Waals surface area (Å²) in [7, 11) is 0. The van der Waals surface area contributed by atoms with Crippen LogP contribution in [0, 0.1) is 6.92 Å². The highest BCUT2D eigenvalue weighted by atomic mass is 35.5. The molecule has 2 aromatic rings. The van der Waals surface area contributed by atoms with Crippen LogP contribution < -0.4 is 0 Å². The molecule has 1 aliphatic rings. The summed E-state index contributed by atoms with van der Waals surface area (Å²) < 4.78 is 0. The fourth-order valence-electron chi connectivity index (χ4n) is 2.58. The Morgan fingerprint density at radius 1 is 1.32 bits per heavy atom. The number of aromatic nitrogens is 4. The van der Waals surface area contributed by atoms with Crippen molar-refractivity contribution in [1.29, 1.82) is 0 Å². The van der Waals surface area contributed by atoms with Crippen LogP contribution in [0.25, 0.3) is 0 Å². The fourth-order valence-corrected chi connectivity index (χ4v) is 2.58. The largest absolute Gasteiger partial charge is 0.347 e. The van der Waals surface area contributed by atoms with Crippen LogP contribution in [-0.2, 0) is 6.54 Å². The molecule has 5 nitrogen and oxygen atoms in total. The molecule has 1 atom stereocenters. The second kappa shape index (κ2) is 6.12. The molecule has 1 unspecified atom stereocenters. The Morgan fingerprint density at radius 3 is 2.95 bits per heavy atom. The zero-order valence-electron chi connectivity index (χ0n) is 10.9. The molecule has 6 heteroatoms. The summed E-state index contributed by atoms with van der Waals surface area (Å²) in [5.41, 5.74) is 3.23. The van der Waals surface area contributed by atoms with Gasteiger partial charge >= 0.3 is 0 Å². The van der Waals surface area contributed by atoms with Gasteiger partial charge in [-0.25, -0.2) is 4.98 Å². The molecule has 0 radical (unpaired) electrons. The quantitative estimate of drug-likeness (QED) is 0.936. The number of rotatable bonds is 3. The first-order valence-electron chi connectivity index (χ1n) is 6.33. The number of aromatic amines is 1. The number of nitrogens with zero attached hydrogens (tertiary/aromatic N) is 4. The van der Waals surface area contributed by atoms with Crippen molar-refractivity contribution in [3.05, 3.63) is 42.0 Å². The molecule has 1 aliphatic heterocycles. The van der Waals surface area contributed by atoms with E-state index in [-0.39, 0.29) is 12.4 Å². The molecular weight excluding hydrogens is 262 g/mol. The number of H-pyrrole nitrogens is 1. The monoisotopic (exact) mass is 279 g/mol. The molecule has 3 heterocycles. The average molecular weight is 280 g/mol. The van der Waals surface area contributed by atoms with Crippen molar-refractivity contribution in [2.45, 2.75) is 32.4 Å². The van der Waals surface area contributed by atoms with Gasteiger partial charge in [0, 0.05) is 30.8 Å². The molecule has 19 heavy (non-hydrogen) atoms. The molecule has 2 aromatic heterocycles. The van der Waals surface area contributed by atoms with Crippen LogP contribution in [0.2, 0.25) is 0 Å². The second-order valence-electron chi connectivity index (χ2n) is 4.79. The highest BCUT2D eigenvalue weighted by Gasteiger charge is 2.27. The molecule has 0 aromatic carbocycles. The molecule has 0 bridgehead atoms. The lowest BCUT2D eigenvalue weighted by Crippen LogP contribution is -2.23. The van der Waals surface area contributed by atoms with Crippen molar-refractivity contribution in [2.24, 2.45) is 0 Å². The number of hydrogen-bond acceptors (Lipinski definition) is 4. The molecule has 0 spiro atoms. The molecule has 3 rings (SSSR count). The number of hydrogen-bond donors (Lipinski definition) is 1. The summed E-state index contributed by atoms with van der Waals surface area (Å²) in [5, 5.41) is 0. The van der Waals surface area contributed by atoms with E-state index in [1.54, 1.807) is 12.5 Å². The first-order valence-corrected chi connectivity index (χ1v) is 6.33. The first-order chi connectivity index (χ1) is 8.83. The third kappa shape index (κ3) is 3.11. The van der Waals surface area contributed by atoms with Crippen molar-refractivity contribution >= 4 is 12.4 Å². The van der Waals surface area contributed by atoms with E-state index in [9.17, 15) is 0 Å². The van der Waals surface area contributed by atoms with Crippen LogP contribution >= 0.6 is 12.4 Å². The summed E-state index contributed by atoms with van der Waals surface area (Å²) in [4.78, 5) is 18.5. The van der Waals surface area contributed by atoms with E-state index in [0.717, 1.165) is 36.6 Å². The Balaban J connectivity index is 0.00000133. The highest BCUT2D eigenvalue weighted by molar-refractivity contribution is 5.85. The van der Waals surface area contributed by atoms with Crippen molar-refractivity contribution in [3.8, 4) is 0 Å². The minimum atomic E-state index is 0. The summed E-state index contributed by atoms with van der Waals surface area (Å²) >= 11 is 0. The number of halogens is 1. The van der Waals surface area contributed by atoms with Gasteiger partial charge < -0.3 is 4.98 Å². The zero-order chi connectivity index (χ0) is 12.4. The lowest BCUT2D eigenvalue weighted by molar-refractivity contribution is 0.241. The van der Waals surface area contributed by atoms with Gasteiger partial charge in [0.05, 0.1) is 23.8 Å². The Kier molecular flexibility index (Phi) is 4.50. The molecule has 1 saturated heterocycles. The topological polar surface area (TPSA) is 57.7 Å². The van der Waals surface area contributed by atoms with Gasteiger partial charge in [-0.05, 0) is 26.3 Å². The van der Waals surface area contributed by atoms with Crippen LogP contribution in [-0.4, -0.2) is 31.4 Å². The molecular formula is C13H18ClN5. The van der Waals surface area contributed by atoms with Crippen molar-refractivity contribution in [3.63, 3.8) is 0 Å². The molecule has 0 amide bonds. The predicted octanol–water partition coefficient (Wildman–Crippen LogP) is 2.27. The third-order valence-electron chi connectivity index (χ3n) is 3.41. The number of imidazole rings is 1. The van der Waals surface area contributed by atoms with Gasteiger partial charge in [-0.1, -0.05) is 0 Å². The first kappa shape index (κ1) is 14.0. The Hall–Kier alpha value is -1.46. The molecule has 1 fully saturated rings. The molecule has 0 aliphatic carbocycles. The van der Waals surface area contributed by atoms with Crippen LogP contribution in [0.5, 0.6) is 0 Å². The molecule has 0 saturated carbocycles. The van der Waals surface area contributed by atoms with E-state index in [1.807, 2.05) is 19.3 Å². The SMILES string of the molecule is Cc1cncc(C2CCCN2Cc2cnc[nH]2)n1.Cl. The van der Waals surface area contributed by atoms with E-state index < -0.39 is 0 Å². The normalized spacial score (nSPS) is 19.3. The van der Waals surface area contributed by atoms with E-state index >= 15 is 0 Å². The Labute approximate surface area is 118 Å². The van der Waals surface area contributed by atoms with Gasteiger partial charge in [0.25, 0.3) is 0 Å². The minimum Gasteiger partial charge on any atom is -0.347 e. The maximum Gasteiger partial charge on any atom is 0.0922 e.